The third kappa shape index (κ3) is 1.68. The van der Waals surface area contributed by atoms with Crippen LogP contribution in [0.25, 0.3) is 0 Å². The molecule has 3 heterocycles. The summed E-state index contributed by atoms with van der Waals surface area (Å²) >= 11 is 0. The summed E-state index contributed by atoms with van der Waals surface area (Å²) in [5, 5.41) is 3.39. The Morgan fingerprint density at radius 2 is 2.40 bits per heavy atom. The van der Waals surface area contributed by atoms with Gasteiger partial charge in [-0.15, -0.1) is 0 Å². The van der Waals surface area contributed by atoms with E-state index in [-0.39, 0.29) is 0 Å². The van der Waals surface area contributed by atoms with Crippen LogP contribution in [0.15, 0.2) is 6.20 Å². The number of hydrogen-bond donors (Lipinski definition) is 2. The number of nitrogens with two attached hydrogens (primary N) is 1. The van der Waals surface area contributed by atoms with Crippen molar-refractivity contribution >= 4 is 0 Å². The Labute approximate surface area is 89.9 Å². The van der Waals surface area contributed by atoms with E-state index in [1.807, 2.05) is 0 Å². The number of hydrogen-bond acceptors (Lipinski definition) is 3. The van der Waals surface area contributed by atoms with Gasteiger partial charge in [-0.3, -0.25) is 0 Å². The lowest BCUT2D eigenvalue weighted by Crippen LogP contribution is -2.31. The fourth-order valence-electron chi connectivity index (χ4n) is 2.60. The smallest absolute Gasteiger partial charge is 0.109 e. The Balaban J connectivity index is 1.85. The van der Waals surface area contributed by atoms with Crippen LogP contribution in [0.5, 0.6) is 0 Å². The molecule has 0 amide bonds. The maximum Gasteiger partial charge on any atom is 0.109 e. The van der Waals surface area contributed by atoms with Crippen LogP contribution in [-0.4, -0.2) is 28.7 Å². The first-order valence-corrected chi connectivity index (χ1v) is 5.85. The summed E-state index contributed by atoms with van der Waals surface area (Å²) in [5.74, 6) is 1.86. The van der Waals surface area contributed by atoms with Gasteiger partial charge in [-0.1, -0.05) is 0 Å². The van der Waals surface area contributed by atoms with Gasteiger partial charge in [-0.05, 0) is 19.4 Å². The highest BCUT2D eigenvalue weighted by atomic mass is 15.1. The highest BCUT2D eigenvalue weighted by Gasteiger charge is 2.23. The molecule has 2 aliphatic heterocycles. The fraction of sp³-hybridized carbons (Fsp3) is 0.727. The van der Waals surface area contributed by atoms with E-state index in [4.69, 9.17) is 10.7 Å². The molecule has 4 heteroatoms. The minimum atomic E-state index is 0.321. The van der Waals surface area contributed by atoms with Crippen molar-refractivity contribution in [2.75, 3.05) is 13.1 Å². The predicted octanol–water partition coefficient (Wildman–Crippen LogP) is 0.234. The molecular weight excluding hydrogens is 188 g/mol. The molecule has 2 atom stereocenters. The van der Waals surface area contributed by atoms with Crippen molar-refractivity contribution < 1.29 is 0 Å². The van der Waals surface area contributed by atoms with E-state index >= 15 is 0 Å². The van der Waals surface area contributed by atoms with Crippen LogP contribution < -0.4 is 11.1 Å². The molecule has 3 rings (SSSR count). The second kappa shape index (κ2) is 3.61. The van der Waals surface area contributed by atoms with Crippen LogP contribution >= 0.6 is 0 Å². The molecule has 0 radical (unpaired) electrons. The Kier molecular flexibility index (Phi) is 2.25. The van der Waals surface area contributed by atoms with Crippen molar-refractivity contribution in [1.82, 2.24) is 14.9 Å². The molecule has 2 aliphatic rings. The first-order valence-electron chi connectivity index (χ1n) is 5.85. The van der Waals surface area contributed by atoms with Crippen LogP contribution in [0, 0.1) is 0 Å². The first kappa shape index (κ1) is 9.36. The van der Waals surface area contributed by atoms with Crippen molar-refractivity contribution in [2.45, 2.75) is 37.8 Å². The van der Waals surface area contributed by atoms with Gasteiger partial charge in [0.05, 0.1) is 5.69 Å². The normalized spacial score (nSPS) is 30.5. The van der Waals surface area contributed by atoms with Gasteiger partial charge in [0.2, 0.25) is 0 Å². The average Bonchev–Trinajstić information content (AvgIpc) is 2.84. The summed E-state index contributed by atoms with van der Waals surface area (Å²) in [4.78, 5) is 4.73. The quantitative estimate of drug-likeness (QED) is 0.692. The summed E-state index contributed by atoms with van der Waals surface area (Å²) in [6.07, 6.45) is 5.56. The summed E-state index contributed by atoms with van der Waals surface area (Å²) in [7, 11) is 0. The Hall–Kier alpha value is -0.870. The van der Waals surface area contributed by atoms with E-state index in [9.17, 15) is 0 Å². The number of aromatic nitrogens is 2. The summed E-state index contributed by atoms with van der Waals surface area (Å²) in [6.45, 7) is 3.16. The van der Waals surface area contributed by atoms with Gasteiger partial charge in [0, 0.05) is 37.7 Å². The average molecular weight is 206 g/mol. The van der Waals surface area contributed by atoms with Crippen molar-refractivity contribution in [1.29, 1.82) is 0 Å². The van der Waals surface area contributed by atoms with Crippen LogP contribution in [-0.2, 0) is 13.0 Å². The van der Waals surface area contributed by atoms with E-state index in [1.54, 1.807) is 0 Å². The van der Waals surface area contributed by atoms with Gasteiger partial charge < -0.3 is 15.6 Å². The molecule has 2 unspecified atom stereocenters. The summed E-state index contributed by atoms with van der Waals surface area (Å²) in [6, 6.07) is 0.321. The summed E-state index contributed by atoms with van der Waals surface area (Å²) in [5.41, 5.74) is 7.22. The second-order valence-electron chi connectivity index (χ2n) is 4.72. The molecule has 3 N–H and O–H groups in total. The topological polar surface area (TPSA) is 55.9 Å². The van der Waals surface area contributed by atoms with Crippen molar-refractivity contribution in [3.05, 3.63) is 17.7 Å². The molecule has 1 aromatic heterocycles. The van der Waals surface area contributed by atoms with Gasteiger partial charge in [-0.2, -0.15) is 0 Å². The minimum absolute atomic E-state index is 0.321. The first-order chi connectivity index (χ1) is 7.33. The Morgan fingerprint density at radius 3 is 3.20 bits per heavy atom. The number of nitrogens with zero attached hydrogens (tertiary/aromatic N) is 2. The SMILES string of the molecule is NC1CCc2nc(C3CCNC3)cn2C1. The Morgan fingerprint density at radius 1 is 1.47 bits per heavy atom. The number of rotatable bonds is 1. The fourth-order valence-corrected chi connectivity index (χ4v) is 2.60. The van der Waals surface area contributed by atoms with Gasteiger partial charge in [0.15, 0.2) is 0 Å². The highest BCUT2D eigenvalue weighted by Crippen LogP contribution is 2.23. The van der Waals surface area contributed by atoms with Gasteiger partial charge in [0.1, 0.15) is 5.82 Å². The van der Waals surface area contributed by atoms with Gasteiger partial charge >= 0.3 is 0 Å². The molecule has 1 saturated heterocycles. The lowest BCUT2D eigenvalue weighted by molar-refractivity contribution is 0.453. The molecule has 0 aromatic carbocycles. The highest BCUT2D eigenvalue weighted by molar-refractivity contribution is 5.13. The van der Waals surface area contributed by atoms with Crippen molar-refractivity contribution in [2.24, 2.45) is 5.73 Å². The largest absolute Gasteiger partial charge is 0.333 e. The molecule has 0 aliphatic carbocycles. The molecule has 0 saturated carbocycles. The third-order valence-electron chi connectivity index (χ3n) is 3.53. The minimum Gasteiger partial charge on any atom is -0.333 e. The molecular formula is C11H18N4. The van der Waals surface area contributed by atoms with Crippen molar-refractivity contribution in [3.8, 4) is 0 Å². The predicted molar refractivity (Wildman–Crippen MR) is 58.8 cm³/mol. The van der Waals surface area contributed by atoms with E-state index in [0.29, 0.717) is 12.0 Å². The van der Waals surface area contributed by atoms with E-state index in [1.165, 1.54) is 17.9 Å². The molecule has 1 aromatic rings. The Bertz CT molecular complexity index is 351. The van der Waals surface area contributed by atoms with Crippen LogP contribution in [0.1, 0.15) is 30.3 Å². The molecule has 15 heavy (non-hydrogen) atoms. The zero-order valence-electron chi connectivity index (χ0n) is 8.95. The summed E-state index contributed by atoms with van der Waals surface area (Å²) < 4.78 is 2.25. The molecule has 1 fully saturated rings. The third-order valence-corrected chi connectivity index (χ3v) is 3.53. The van der Waals surface area contributed by atoms with Crippen LogP contribution in [0.2, 0.25) is 0 Å². The molecule has 82 valence electrons. The molecule has 4 nitrogen and oxygen atoms in total. The standard InChI is InChI=1S/C11H18N4/c12-9-1-2-11-14-10(7-15(11)6-9)8-3-4-13-5-8/h7-9,13H,1-6,12H2. The zero-order chi connectivity index (χ0) is 10.3. The maximum absolute atomic E-state index is 5.95. The number of fused-ring (bicyclic) bond motifs is 1. The number of nitrogens with one attached hydrogen (secondary N) is 1. The maximum atomic E-state index is 5.95. The van der Waals surface area contributed by atoms with E-state index in [0.717, 1.165) is 32.5 Å². The van der Waals surface area contributed by atoms with E-state index in [2.05, 4.69) is 16.1 Å². The monoisotopic (exact) mass is 206 g/mol. The van der Waals surface area contributed by atoms with Crippen LogP contribution in [0.3, 0.4) is 0 Å². The number of imidazole rings is 1. The number of aryl methyl sites for hydroxylation is 1. The van der Waals surface area contributed by atoms with Crippen molar-refractivity contribution in [3.63, 3.8) is 0 Å². The van der Waals surface area contributed by atoms with E-state index < -0.39 is 0 Å². The zero-order valence-corrected chi connectivity index (χ0v) is 8.95. The second-order valence-corrected chi connectivity index (χ2v) is 4.72. The molecule has 0 spiro atoms. The van der Waals surface area contributed by atoms with Gasteiger partial charge in [-0.25, -0.2) is 4.98 Å². The van der Waals surface area contributed by atoms with Gasteiger partial charge in [0.25, 0.3) is 0 Å². The lowest BCUT2D eigenvalue weighted by Gasteiger charge is -2.19. The molecule has 0 bridgehead atoms. The lowest BCUT2D eigenvalue weighted by atomic mass is 10.1. The van der Waals surface area contributed by atoms with Crippen LogP contribution in [0.4, 0.5) is 0 Å².